The lowest BCUT2D eigenvalue weighted by molar-refractivity contribution is -0.136. The average Bonchev–Trinajstić information content (AvgIpc) is 3.20. The molecule has 4 aromatic rings. The summed E-state index contributed by atoms with van der Waals surface area (Å²) < 4.78 is 22.6. The summed E-state index contributed by atoms with van der Waals surface area (Å²) in [7, 11) is 0. The van der Waals surface area contributed by atoms with Crippen LogP contribution in [0.1, 0.15) is 88.5 Å². The van der Waals surface area contributed by atoms with Gasteiger partial charge in [-0.1, -0.05) is 64.8 Å². The van der Waals surface area contributed by atoms with Gasteiger partial charge in [-0.15, -0.1) is 0 Å². The van der Waals surface area contributed by atoms with Gasteiger partial charge in [-0.05, 0) is 132 Å². The van der Waals surface area contributed by atoms with Crippen LogP contribution in [0.4, 0.5) is 0 Å². The summed E-state index contributed by atoms with van der Waals surface area (Å²) in [6.07, 6.45) is 6.90. The Morgan fingerprint density at radius 2 is 0.889 bits per heavy atom. The molecule has 278 valence electrons. The summed E-state index contributed by atoms with van der Waals surface area (Å²) in [5.74, 6) is 2.49. The lowest BCUT2D eigenvalue weighted by Crippen LogP contribution is -2.10. The third-order valence-electron chi connectivity index (χ3n) is 8.89. The predicted octanol–water partition coefficient (Wildman–Crippen LogP) is 10.7. The number of rotatable bonds is 19. The number of allylic oxidation sites excluding steroid dienone is 2. The van der Waals surface area contributed by atoms with Crippen molar-refractivity contribution in [2.24, 2.45) is 11.8 Å². The molecule has 4 aromatic carbocycles. The summed E-state index contributed by atoms with van der Waals surface area (Å²) >= 11 is 0. The molecule has 2 unspecified atom stereocenters. The number of nitriles is 2. The first-order chi connectivity index (χ1) is 26.2. The highest BCUT2D eigenvalue weighted by molar-refractivity contribution is 5.90. The number of ether oxygens (including phenoxy) is 4. The fraction of sp³-hybridized carbons (Fsp3) is 0.304. The average molecular weight is 725 g/mol. The molecule has 0 saturated carbocycles. The predicted molar refractivity (Wildman–Crippen MR) is 212 cm³/mol. The minimum Gasteiger partial charge on any atom is -0.493 e. The number of unbranched alkanes of at least 4 members (excludes halogenated alkanes) is 1. The lowest BCUT2D eigenvalue weighted by atomic mass is 10.0. The molecule has 0 aliphatic carbocycles. The maximum Gasteiger partial charge on any atom is 0.311 e. The van der Waals surface area contributed by atoms with Crippen LogP contribution in [0.25, 0.3) is 23.3 Å². The molecule has 54 heavy (non-hydrogen) atoms. The van der Waals surface area contributed by atoms with Crippen LogP contribution in [0, 0.1) is 34.5 Å². The van der Waals surface area contributed by atoms with Gasteiger partial charge in [-0.3, -0.25) is 9.59 Å². The van der Waals surface area contributed by atoms with E-state index in [9.17, 15) is 20.1 Å². The Morgan fingerprint density at radius 3 is 1.20 bits per heavy atom. The minimum atomic E-state index is -0.397. The van der Waals surface area contributed by atoms with Crippen LogP contribution in [-0.4, -0.2) is 25.2 Å². The third kappa shape index (κ3) is 13.5. The van der Waals surface area contributed by atoms with E-state index in [1.807, 2.05) is 48.5 Å². The van der Waals surface area contributed by atoms with Gasteiger partial charge >= 0.3 is 11.9 Å². The Morgan fingerprint density at radius 1 is 0.556 bits per heavy atom. The van der Waals surface area contributed by atoms with Crippen molar-refractivity contribution in [3.8, 4) is 35.1 Å². The van der Waals surface area contributed by atoms with Gasteiger partial charge in [0.2, 0.25) is 0 Å². The molecule has 0 spiro atoms. The van der Waals surface area contributed by atoms with Crippen LogP contribution in [0.15, 0.2) is 97.1 Å². The van der Waals surface area contributed by atoms with Crippen LogP contribution in [-0.2, 0) is 9.59 Å². The van der Waals surface area contributed by atoms with Crippen molar-refractivity contribution in [3.05, 3.63) is 119 Å². The van der Waals surface area contributed by atoms with E-state index in [2.05, 4.69) is 39.8 Å². The molecule has 2 atom stereocenters. The van der Waals surface area contributed by atoms with Gasteiger partial charge in [0.05, 0.1) is 36.5 Å². The lowest BCUT2D eigenvalue weighted by Gasteiger charge is -2.11. The highest BCUT2D eigenvalue weighted by atomic mass is 16.5. The maximum atomic E-state index is 12.4. The first kappa shape index (κ1) is 40.6. The van der Waals surface area contributed by atoms with Crippen molar-refractivity contribution in [1.29, 1.82) is 10.5 Å². The van der Waals surface area contributed by atoms with E-state index in [0.29, 0.717) is 60.5 Å². The number of hydrogen-bond donors (Lipinski definition) is 0. The maximum absolute atomic E-state index is 12.4. The summed E-state index contributed by atoms with van der Waals surface area (Å²) in [4.78, 5) is 24.9. The van der Waals surface area contributed by atoms with Crippen molar-refractivity contribution in [2.75, 3.05) is 13.2 Å². The summed E-state index contributed by atoms with van der Waals surface area (Å²) in [5.41, 5.74) is 4.17. The largest absolute Gasteiger partial charge is 0.493 e. The molecule has 4 rings (SSSR count). The zero-order chi connectivity index (χ0) is 38.7. The molecule has 8 nitrogen and oxygen atoms in total. The topological polar surface area (TPSA) is 119 Å². The van der Waals surface area contributed by atoms with Gasteiger partial charge in [-0.25, -0.2) is 0 Å². The fourth-order valence-electron chi connectivity index (χ4n) is 5.04. The zero-order valence-electron chi connectivity index (χ0n) is 31.5. The van der Waals surface area contributed by atoms with E-state index in [0.717, 1.165) is 46.6 Å². The second kappa shape index (κ2) is 21.4. The van der Waals surface area contributed by atoms with E-state index >= 15 is 0 Å². The molecule has 0 bridgehead atoms. The van der Waals surface area contributed by atoms with E-state index in [4.69, 9.17) is 18.9 Å². The van der Waals surface area contributed by atoms with Crippen LogP contribution in [0.5, 0.6) is 23.0 Å². The molecule has 8 heteroatoms. The first-order valence-corrected chi connectivity index (χ1v) is 18.5. The van der Waals surface area contributed by atoms with Crippen molar-refractivity contribution in [2.45, 2.75) is 66.2 Å². The molecule has 0 heterocycles. The molecule has 0 aromatic heterocycles. The Balaban J connectivity index is 1.18. The van der Waals surface area contributed by atoms with Gasteiger partial charge in [0, 0.05) is 12.8 Å². The molecule has 0 aliphatic heterocycles. The summed E-state index contributed by atoms with van der Waals surface area (Å²) in [6.45, 7) is 9.84. The quantitative estimate of drug-likeness (QED) is 0.0308. The van der Waals surface area contributed by atoms with Crippen LogP contribution in [0.2, 0.25) is 0 Å². The molecule has 0 amide bonds. The van der Waals surface area contributed by atoms with Crippen molar-refractivity contribution in [3.63, 3.8) is 0 Å². The standard InChI is InChI=1S/C46H48N2O6/c1-5-33(3)31-51-41-23-15-37(16-24-41)39(29-47)27-35-11-19-43(20-12-35)53-45(49)9-7-8-10-46(50)54-44-21-13-36(14-22-44)28-40(30-48)38-17-25-42(26-18-38)52-32-34(4)6-2/h11-28,33-34H,5-10,31-32H2,1-4H3/b39-27-,40-28+. The minimum absolute atomic E-state index is 0.153. The third-order valence-corrected chi connectivity index (χ3v) is 8.89. The zero-order valence-corrected chi connectivity index (χ0v) is 31.5. The number of nitrogens with zero attached hydrogens (tertiary/aromatic N) is 2. The van der Waals surface area contributed by atoms with Crippen LogP contribution >= 0.6 is 0 Å². The monoisotopic (exact) mass is 724 g/mol. The van der Waals surface area contributed by atoms with E-state index in [-0.39, 0.29) is 12.8 Å². The SMILES string of the molecule is CCC(C)COc1ccc(/C(C#N)=C/c2ccc(OC(=O)CCCCC(=O)Oc3ccc(/C=C(/C#N)c4ccc(OCC(C)CC)cc4)cc3)cc2)cc1. The van der Waals surface area contributed by atoms with Gasteiger partial charge < -0.3 is 18.9 Å². The molecule has 0 N–H and O–H groups in total. The Kier molecular flexibility index (Phi) is 16.1. The first-order valence-electron chi connectivity index (χ1n) is 18.5. The van der Waals surface area contributed by atoms with Crippen LogP contribution < -0.4 is 18.9 Å². The van der Waals surface area contributed by atoms with E-state index in [1.54, 1.807) is 60.7 Å². The Bertz CT molecular complexity index is 1800. The molecule has 0 fully saturated rings. The normalized spacial score (nSPS) is 12.5. The van der Waals surface area contributed by atoms with Gasteiger partial charge in [0.15, 0.2) is 0 Å². The second-order valence-corrected chi connectivity index (χ2v) is 13.3. The molecule has 0 radical (unpaired) electrons. The number of carbonyl (C=O) groups excluding carboxylic acids is 2. The number of esters is 2. The van der Waals surface area contributed by atoms with E-state index < -0.39 is 11.9 Å². The Hall–Kier alpha value is -6.12. The van der Waals surface area contributed by atoms with Crippen molar-refractivity contribution in [1.82, 2.24) is 0 Å². The number of hydrogen-bond acceptors (Lipinski definition) is 8. The molecular formula is C46H48N2O6. The van der Waals surface area contributed by atoms with Crippen molar-refractivity contribution < 1.29 is 28.5 Å². The fourth-order valence-corrected chi connectivity index (χ4v) is 5.04. The van der Waals surface area contributed by atoms with Crippen LogP contribution in [0.3, 0.4) is 0 Å². The summed E-state index contributed by atoms with van der Waals surface area (Å²) in [6, 6.07) is 33.3. The molecule has 0 saturated heterocycles. The molecular weight excluding hydrogens is 677 g/mol. The number of carbonyl (C=O) groups is 2. The van der Waals surface area contributed by atoms with Gasteiger partial charge in [0.1, 0.15) is 23.0 Å². The highest BCUT2D eigenvalue weighted by Crippen LogP contribution is 2.25. The van der Waals surface area contributed by atoms with E-state index in [1.165, 1.54) is 0 Å². The van der Waals surface area contributed by atoms with Gasteiger partial charge in [-0.2, -0.15) is 10.5 Å². The molecule has 0 aliphatic rings. The smallest absolute Gasteiger partial charge is 0.311 e. The summed E-state index contributed by atoms with van der Waals surface area (Å²) in [5, 5.41) is 19.5. The van der Waals surface area contributed by atoms with Gasteiger partial charge in [0.25, 0.3) is 0 Å². The Labute approximate surface area is 319 Å². The van der Waals surface area contributed by atoms with Crippen molar-refractivity contribution >= 4 is 35.2 Å². The highest BCUT2D eigenvalue weighted by Gasteiger charge is 2.10. The number of benzene rings is 4. The second-order valence-electron chi connectivity index (χ2n) is 13.3.